The minimum atomic E-state index is 0.994. The van der Waals surface area contributed by atoms with E-state index >= 15 is 0 Å². The third-order valence-electron chi connectivity index (χ3n) is 9.94. The van der Waals surface area contributed by atoms with Crippen molar-refractivity contribution in [1.82, 2.24) is 14.1 Å². The van der Waals surface area contributed by atoms with Gasteiger partial charge in [-0.05, 0) is 90.0 Å². The molecule has 0 bridgehead atoms. The van der Waals surface area contributed by atoms with Crippen molar-refractivity contribution in [2.45, 2.75) is 0 Å². The number of fused-ring (bicyclic) bond motifs is 6. The van der Waals surface area contributed by atoms with Gasteiger partial charge < -0.3 is 14.0 Å². The van der Waals surface area contributed by atoms with Crippen LogP contribution in [0.25, 0.3) is 66.1 Å². The topological polar surface area (TPSA) is 26.0 Å². The molecule has 0 unspecified atom stereocenters. The zero-order valence-corrected chi connectivity index (χ0v) is 27.8. The second-order valence-electron chi connectivity index (χ2n) is 12.9. The second kappa shape index (κ2) is 11.9. The fourth-order valence-electron chi connectivity index (χ4n) is 7.74. The van der Waals surface area contributed by atoms with Crippen LogP contribution in [0, 0.1) is 0 Å². The Morgan fingerprint density at radius 1 is 0.353 bits per heavy atom. The molecule has 0 aliphatic heterocycles. The predicted molar refractivity (Wildman–Crippen MR) is 213 cm³/mol. The summed E-state index contributed by atoms with van der Waals surface area (Å²) >= 11 is 0. The highest BCUT2D eigenvalue weighted by molar-refractivity contribution is 6.11. The molecule has 0 saturated heterocycles. The molecule has 240 valence electrons. The molecule has 7 aromatic carbocycles. The molecule has 4 nitrogen and oxygen atoms in total. The largest absolute Gasteiger partial charge is 0.309 e. The lowest BCUT2D eigenvalue weighted by molar-refractivity contribution is 1.16. The highest BCUT2D eigenvalue weighted by atomic mass is 15.1. The van der Waals surface area contributed by atoms with Gasteiger partial charge in [-0.25, -0.2) is 0 Å². The summed E-state index contributed by atoms with van der Waals surface area (Å²) in [5.74, 6) is 0. The van der Waals surface area contributed by atoms with Crippen LogP contribution in [0.5, 0.6) is 0 Å². The third kappa shape index (κ3) is 4.80. The molecule has 0 N–H and O–H groups in total. The van der Waals surface area contributed by atoms with E-state index in [-0.39, 0.29) is 0 Å². The Morgan fingerprint density at radius 3 is 1.53 bits per heavy atom. The van der Waals surface area contributed by atoms with Gasteiger partial charge in [0.1, 0.15) is 0 Å². The molecule has 0 saturated carbocycles. The lowest BCUT2D eigenvalue weighted by Crippen LogP contribution is -2.11. The number of hydrogen-bond acceptors (Lipinski definition) is 2. The highest BCUT2D eigenvalue weighted by Gasteiger charge is 2.19. The Labute approximate surface area is 295 Å². The first-order valence-corrected chi connectivity index (χ1v) is 17.3. The molecule has 3 heterocycles. The first-order chi connectivity index (χ1) is 25.3. The Kier molecular flexibility index (Phi) is 6.78. The molecule has 0 aliphatic carbocycles. The zero-order valence-electron chi connectivity index (χ0n) is 27.8. The molecule has 0 atom stereocenters. The van der Waals surface area contributed by atoms with E-state index in [0.29, 0.717) is 0 Å². The molecule has 51 heavy (non-hydrogen) atoms. The van der Waals surface area contributed by atoms with Crippen molar-refractivity contribution < 1.29 is 0 Å². The van der Waals surface area contributed by atoms with Crippen LogP contribution in [0.4, 0.5) is 17.1 Å². The smallest absolute Gasteiger partial charge is 0.0644 e. The van der Waals surface area contributed by atoms with Gasteiger partial charge in [0.2, 0.25) is 0 Å². The fraction of sp³-hybridized carbons (Fsp3) is 0. The average Bonchev–Trinajstić information content (AvgIpc) is 3.72. The Bertz CT molecular complexity index is 2760. The minimum absolute atomic E-state index is 0.994. The number of aromatic nitrogens is 3. The molecule has 0 amide bonds. The van der Waals surface area contributed by atoms with Gasteiger partial charge >= 0.3 is 0 Å². The number of pyridine rings is 1. The van der Waals surface area contributed by atoms with E-state index in [2.05, 4.69) is 195 Å². The monoisotopic (exact) mass is 652 g/mol. The number of nitrogens with zero attached hydrogens (tertiary/aromatic N) is 4. The van der Waals surface area contributed by atoms with E-state index in [1.807, 2.05) is 18.5 Å². The van der Waals surface area contributed by atoms with Gasteiger partial charge in [0.15, 0.2) is 0 Å². The molecule has 3 aromatic heterocycles. The summed E-state index contributed by atoms with van der Waals surface area (Å²) in [5.41, 5.74) is 12.3. The summed E-state index contributed by atoms with van der Waals surface area (Å²) in [6, 6.07) is 65.3. The predicted octanol–water partition coefficient (Wildman–Crippen LogP) is 12.4. The van der Waals surface area contributed by atoms with Gasteiger partial charge in [-0.1, -0.05) is 103 Å². The standard InChI is InChI=1S/C47H32N4/c1-3-14-35(15-4-1)49(37-18-13-27-48-32-37)38-28-34(29-39(31-38)51-45-23-11-7-19-40(45)41-20-8-12-24-46(41)51)33-25-26-43-42-21-9-10-22-44(42)50(47(43)30-33)36-16-5-2-6-17-36/h1-32H. The van der Waals surface area contributed by atoms with Crippen LogP contribution in [-0.2, 0) is 0 Å². The molecular weight excluding hydrogens is 621 g/mol. The van der Waals surface area contributed by atoms with Gasteiger partial charge in [0.05, 0.1) is 34.0 Å². The molecule has 0 aliphatic rings. The summed E-state index contributed by atoms with van der Waals surface area (Å²) in [5, 5.41) is 4.95. The fourth-order valence-corrected chi connectivity index (χ4v) is 7.74. The molecule has 10 rings (SSSR count). The van der Waals surface area contributed by atoms with Crippen LogP contribution in [0.3, 0.4) is 0 Å². The summed E-state index contributed by atoms with van der Waals surface area (Å²) in [4.78, 5) is 6.83. The van der Waals surface area contributed by atoms with Crippen molar-refractivity contribution in [2.75, 3.05) is 4.90 Å². The van der Waals surface area contributed by atoms with E-state index < -0.39 is 0 Å². The molecule has 0 fully saturated rings. The summed E-state index contributed by atoms with van der Waals surface area (Å²) in [6.07, 6.45) is 3.76. The number of benzene rings is 7. The van der Waals surface area contributed by atoms with Gasteiger partial charge in [0, 0.05) is 50.5 Å². The van der Waals surface area contributed by atoms with Crippen molar-refractivity contribution in [3.05, 3.63) is 194 Å². The maximum Gasteiger partial charge on any atom is 0.0644 e. The van der Waals surface area contributed by atoms with E-state index in [1.54, 1.807) is 0 Å². The second-order valence-corrected chi connectivity index (χ2v) is 12.9. The van der Waals surface area contributed by atoms with Crippen LogP contribution in [0.1, 0.15) is 0 Å². The minimum Gasteiger partial charge on any atom is -0.309 e. The Hall–Kier alpha value is -6.91. The first-order valence-electron chi connectivity index (χ1n) is 17.3. The van der Waals surface area contributed by atoms with Crippen molar-refractivity contribution in [3.63, 3.8) is 0 Å². The summed E-state index contributed by atoms with van der Waals surface area (Å²) in [6.45, 7) is 0. The highest BCUT2D eigenvalue weighted by Crippen LogP contribution is 2.41. The maximum atomic E-state index is 4.54. The normalized spacial score (nSPS) is 11.5. The quantitative estimate of drug-likeness (QED) is 0.179. The Balaban J connectivity index is 1.28. The molecule has 0 spiro atoms. The van der Waals surface area contributed by atoms with Gasteiger partial charge in [-0.3, -0.25) is 4.98 Å². The third-order valence-corrected chi connectivity index (χ3v) is 9.94. The zero-order chi connectivity index (χ0) is 33.7. The maximum absolute atomic E-state index is 4.54. The van der Waals surface area contributed by atoms with E-state index in [0.717, 1.165) is 39.6 Å². The van der Waals surface area contributed by atoms with Gasteiger partial charge in [0.25, 0.3) is 0 Å². The first kappa shape index (κ1) is 29.0. The number of anilines is 3. The van der Waals surface area contributed by atoms with Gasteiger partial charge in [-0.15, -0.1) is 0 Å². The average molecular weight is 653 g/mol. The lowest BCUT2D eigenvalue weighted by atomic mass is 10.0. The van der Waals surface area contributed by atoms with Crippen molar-refractivity contribution in [3.8, 4) is 22.5 Å². The van der Waals surface area contributed by atoms with E-state index in [4.69, 9.17) is 0 Å². The number of hydrogen-bond donors (Lipinski definition) is 0. The molecule has 10 aromatic rings. The van der Waals surface area contributed by atoms with Crippen molar-refractivity contribution >= 4 is 60.7 Å². The lowest BCUT2D eigenvalue weighted by Gasteiger charge is -2.26. The number of rotatable bonds is 6. The van der Waals surface area contributed by atoms with Crippen LogP contribution in [0.15, 0.2) is 194 Å². The summed E-state index contributed by atoms with van der Waals surface area (Å²) < 4.78 is 4.79. The SMILES string of the molecule is c1ccc(N(c2cccnc2)c2cc(-c3ccc4c5ccccc5n(-c5ccccc5)c4c3)cc(-n3c4ccccc4c4ccccc43)c2)cc1. The molecular formula is C47H32N4. The Morgan fingerprint density at radius 2 is 0.902 bits per heavy atom. The van der Waals surface area contributed by atoms with Crippen LogP contribution in [0.2, 0.25) is 0 Å². The van der Waals surface area contributed by atoms with Crippen LogP contribution >= 0.6 is 0 Å². The van der Waals surface area contributed by atoms with E-state index in [9.17, 15) is 0 Å². The molecule has 4 heteroatoms. The van der Waals surface area contributed by atoms with Crippen LogP contribution < -0.4 is 4.90 Å². The van der Waals surface area contributed by atoms with Crippen molar-refractivity contribution in [2.24, 2.45) is 0 Å². The van der Waals surface area contributed by atoms with E-state index in [1.165, 1.54) is 43.6 Å². The molecule has 0 radical (unpaired) electrons. The van der Waals surface area contributed by atoms with Crippen LogP contribution in [-0.4, -0.2) is 14.1 Å². The van der Waals surface area contributed by atoms with Crippen molar-refractivity contribution in [1.29, 1.82) is 0 Å². The number of para-hydroxylation sites is 5. The van der Waals surface area contributed by atoms with Gasteiger partial charge in [-0.2, -0.15) is 0 Å². The summed E-state index contributed by atoms with van der Waals surface area (Å²) in [7, 11) is 0.